The van der Waals surface area contributed by atoms with Gasteiger partial charge in [0, 0.05) is 12.8 Å². The molecule has 0 aliphatic heterocycles. The van der Waals surface area contributed by atoms with Crippen LogP contribution in [0.4, 0.5) is 0 Å². The van der Waals surface area contributed by atoms with Crippen LogP contribution in [0.5, 0.6) is 0 Å². The smallest absolute Gasteiger partial charge is 0.347 e. The van der Waals surface area contributed by atoms with Crippen LogP contribution in [0, 0.1) is 0 Å². The second-order valence-corrected chi connectivity index (χ2v) is 9.57. The van der Waals surface area contributed by atoms with E-state index in [1.54, 1.807) is 13.8 Å². The molecule has 0 amide bonds. The predicted molar refractivity (Wildman–Crippen MR) is 125 cm³/mol. The van der Waals surface area contributed by atoms with Crippen molar-refractivity contribution in [3.05, 3.63) is 0 Å². The Morgan fingerprint density at radius 1 is 0.588 bits per heavy atom. The summed E-state index contributed by atoms with van der Waals surface area (Å²) in [6, 6.07) is 0. The maximum Gasteiger partial charge on any atom is 0.347 e. The van der Waals surface area contributed by atoms with Crippen LogP contribution in [0.15, 0.2) is 0 Å². The normalized spacial score (nSPS) is 19.0. The molecule has 2 aliphatic rings. The van der Waals surface area contributed by atoms with E-state index in [1.807, 2.05) is 0 Å². The van der Waals surface area contributed by atoms with Crippen molar-refractivity contribution in [2.75, 3.05) is 0 Å². The zero-order valence-electron chi connectivity index (χ0n) is 20.9. The largest absolute Gasteiger partial charge is 0.460 e. The number of esters is 4. The van der Waals surface area contributed by atoms with Crippen molar-refractivity contribution in [1.82, 2.24) is 0 Å². The Balaban J connectivity index is 1.48. The summed E-state index contributed by atoms with van der Waals surface area (Å²) < 4.78 is 21.2. The van der Waals surface area contributed by atoms with Gasteiger partial charge in [0.05, 0.1) is 0 Å². The highest BCUT2D eigenvalue weighted by Crippen LogP contribution is 2.22. The Bertz CT molecular complexity index is 593. The summed E-state index contributed by atoms with van der Waals surface area (Å²) in [4.78, 5) is 48.1. The summed E-state index contributed by atoms with van der Waals surface area (Å²) in [5, 5.41) is 0. The zero-order chi connectivity index (χ0) is 24.8. The second kappa shape index (κ2) is 15.7. The van der Waals surface area contributed by atoms with E-state index in [0.717, 1.165) is 64.2 Å². The monoisotopic (exact) mass is 482 g/mol. The van der Waals surface area contributed by atoms with Crippen LogP contribution in [0.25, 0.3) is 0 Å². The van der Waals surface area contributed by atoms with E-state index in [2.05, 4.69) is 0 Å². The molecule has 2 atom stereocenters. The summed E-state index contributed by atoms with van der Waals surface area (Å²) in [6.07, 6.45) is 11.4. The van der Waals surface area contributed by atoms with E-state index in [9.17, 15) is 19.2 Å². The molecule has 0 saturated heterocycles. The van der Waals surface area contributed by atoms with Gasteiger partial charge in [0.25, 0.3) is 0 Å². The fraction of sp³-hybridized carbons (Fsp3) is 0.846. The first-order valence-electron chi connectivity index (χ1n) is 13.1. The Morgan fingerprint density at radius 3 is 1.29 bits per heavy atom. The molecule has 0 aromatic heterocycles. The van der Waals surface area contributed by atoms with Crippen LogP contribution in [0.3, 0.4) is 0 Å². The molecule has 0 aromatic carbocycles. The number of ether oxygens (including phenoxy) is 4. The van der Waals surface area contributed by atoms with Crippen molar-refractivity contribution in [2.45, 2.75) is 141 Å². The van der Waals surface area contributed by atoms with Gasteiger partial charge >= 0.3 is 23.9 Å². The number of carbonyl (C=O) groups excluding carboxylic acids is 4. The lowest BCUT2D eigenvalue weighted by molar-refractivity contribution is -0.171. The standard InChI is InChI=1S/C26H42O8/c1-19(25(29)33-21-13-7-5-8-14-21)31-23(27)17-11-3-4-12-18-24(28)32-20(2)26(30)34-22-15-9-6-10-16-22/h19-22H,3-18H2,1-2H3. The molecule has 2 aliphatic carbocycles. The van der Waals surface area contributed by atoms with Gasteiger partial charge in [-0.15, -0.1) is 0 Å². The summed E-state index contributed by atoms with van der Waals surface area (Å²) in [6.45, 7) is 3.08. The molecule has 0 N–H and O–H groups in total. The number of rotatable bonds is 13. The molecule has 2 rings (SSSR count). The molecule has 2 fully saturated rings. The summed E-state index contributed by atoms with van der Waals surface area (Å²) in [5.41, 5.74) is 0. The number of hydrogen-bond donors (Lipinski definition) is 0. The van der Waals surface area contributed by atoms with Crippen LogP contribution in [0.1, 0.15) is 117 Å². The molecule has 0 spiro atoms. The van der Waals surface area contributed by atoms with Gasteiger partial charge in [0.1, 0.15) is 12.2 Å². The SMILES string of the molecule is CC(OC(=O)CCCCCCC(=O)OC(C)C(=O)OC1CCCCC1)C(=O)OC1CCCCC1. The highest BCUT2D eigenvalue weighted by atomic mass is 16.6. The van der Waals surface area contributed by atoms with E-state index in [-0.39, 0.29) is 25.0 Å². The van der Waals surface area contributed by atoms with Crippen molar-refractivity contribution >= 4 is 23.9 Å². The van der Waals surface area contributed by atoms with E-state index in [0.29, 0.717) is 12.8 Å². The third kappa shape index (κ3) is 11.3. The van der Waals surface area contributed by atoms with Gasteiger partial charge in [-0.3, -0.25) is 9.59 Å². The minimum Gasteiger partial charge on any atom is -0.460 e. The van der Waals surface area contributed by atoms with Gasteiger partial charge in [-0.05, 0) is 78.1 Å². The Kier molecular flexibility index (Phi) is 13.0. The first-order chi connectivity index (χ1) is 16.3. The van der Waals surface area contributed by atoms with Gasteiger partial charge < -0.3 is 18.9 Å². The fourth-order valence-corrected chi connectivity index (χ4v) is 4.39. The molecular weight excluding hydrogens is 440 g/mol. The highest BCUT2D eigenvalue weighted by molar-refractivity contribution is 5.79. The molecule has 8 nitrogen and oxygen atoms in total. The van der Waals surface area contributed by atoms with Crippen molar-refractivity contribution in [3.8, 4) is 0 Å². The fourth-order valence-electron chi connectivity index (χ4n) is 4.39. The third-order valence-corrected chi connectivity index (χ3v) is 6.46. The van der Waals surface area contributed by atoms with E-state index in [1.165, 1.54) is 12.8 Å². The third-order valence-electron chi connectivity index (χ3n) is 6.46. The number of unbranched alkanes of at least 4 members (excludes halogenated alkanes) is 3. The van der Waals surface area contributed by atoms with Gasteiger partial charge in [0.15, 0.2) is 12.2 Å². The highest BCUT2D eigenvalue weighted by Gasteiger charge is 2.25. The van der Waals surface area contributed by atoms with E-state index >= 15 is 0 Å². The molecule has 8 heteroatoms. The van der Waals surface area contributed by atoms with Crippen LogP contribution in [-0.2, 0) is 38.1 Å². The van der Waals surface area contributed by atoms with E-state index in [4.69, 9.17) is 18.9 Å². The molecule has 2 unspecified atom stereocenters. The predicted octanol–water partition coefficient (Wildman–Crippen LogP) is 4.94. The molecular formula is C26H42O8. The van der Waals surface area contributed by atoms with Gasteiger partial charge in [0.2, 0.25) is 0 Å². The summed E-state index contributed by atoms with van der Waals surface area (Å²) in [7, 11) is 0. The van der Waals surface area contributed by atoms with Crippen LogP contribution in [0.2, 0.25) is 0 Å². The molecule has 194 valence electrons. The molecule has 34 heavy (non-hydrogen) atoms. The minimum atomic E-state index is -0.893. The molecule has 0 heterocycles. The van der Waals surface area contributed by atoms with Crippen LogP contribution < -0.4 is 0 Å². The Hall–Kier alpha value is -2.12. The number of carbonyl (C=O) groups is 4. The molecule has 0 radical (unpaired) electrons. The number of hydrogen-bond acceptors (Lipinski definition) is 8. The summed E-state index contributed by atoms with van der Waals surface area (Å²) >= 11 is 0. The maximum absolute atomic E-state index is 12.1. The second-order valence-electron chi connectivity index (χ2n) is 9.57. The minimum absolute atomic E-state index is 0.0559. The first kappa shape index (κ1) is 28.1. The van der Waals surface area contributed by atoms with E-state index < -0.39 is 36.1 Å². The van der Waals surface area contributed by atoms with Gasteiger partial charge in [-0.25, -0.2) is 9.59 Å². The first-order valence-corrected chi connectivity index (χ1v) is 13.1. The lowest BCUT2D eigenvalue weighted by Crippen LogP contribution is -2.31. The van der Waals surface area contributed by atoms with Crippen molar-refractivity contribution in [2.24, 2.45) is 0 Å². The lowest BCUT2D eigenvalue weighted by Gasteiger charge is -2.23. The maximum atomic E-state index is 12.1. The van der Waals surface area contributed by atoms with Crippen molar-refractivity contribution < 1.29 is 38.1 Å². The van der Waals surface area contributed by atoms with Gasteiger partial charge in [-0.1, -0.05) is 25.7 Å². The Morgan fingerprint density at radius 2 is 0.941 bits per heavy atom. The lowest BCUT2D eigenvalue weighted by atomic mass is 9.98. The summed E-state index contributed by atoms with van der Waals surface area (Å²) in [5.74, 6) is -1.79. The quantitative estimate of drug-likeness (QED) is 0.206. The average molecular weight is 483 g/mol. The zero-order valence-corrected chi connectivity index (χ0v) is 20.9. The van der Waals surface area contributed by atoms with Crippen LogP contribution >= 0.6 is 0 Å². The Labute approximate surface area is 203 Å². The van der Waals surface area contributed by atoms with Crippen molar-refractivity contribution in [3.63, 3.8) is 0 Å². The topological polar surface area (TPSA) is 105 Å². The van der Waals surface area contributed by atoms with Crippen LogP contribution in [-0.4, -0.2) is 48.3 Å². The average Bonchev–Trinajstić information content (AvgIpc) is 2.82. The van der Waals surface area contributed by atoms with Crippen molar-refractivity contribution in [1.29, 1.82) is 0 Å². The van der Waals surface area contributed by atoms with Gasteiger partial charge in [-0.2, -0.15) is 0 Å². The molecule has 0 aromatic rings. The molecule has 0 bridgehead atoms. The molecule has 2 saturated carbocycles.